The van der Waals surface area contributed by atoms with Gasteiger partial charge in [-0.1, -0.05) is 42.5 Å². The predicted octanol–water partition coefficient (Wildman–Crippen LogP) is 5.95. The van der Waals surface area contributed by atoms with E-state index in [1.807, 2.05) is 41.3 Å². The van der Waals surface area contributed by atoms with E-state index < -0.39 is 11.4 Å². The number of furan rings is 1. The lowest BCUT2D eigenvalue weighted by Gasteiger charge is -2.38. The first kappa shape index (κ1) is 25.8. The van der Waals surface area contributed by atoms with Crippen molar-refractivity contribution >= 4 is 16.9 Å². The van der Waals surface area contributed by atoms with Crippen LogP contribution >= 0.6 is 0 Å². The van der Waals surface area contributed by atoms with Gasteiger partial charge in [0, 0.05) is 23.7 Å². The van der Waals surface area contributed by atoms with Crippen molar-refractivity contribution in [3.05, 3.63) is 131 Å². The second-order valence-electron chi connectivity index (χ2n) is 10.3. The Labute approximate surface area is 231 Å². The Kier molecular flexibility index (Phi) is 6.60. The standard InChI is InChI=1S/C33H29FN2O4/c1-33(38,27-12-14-35-20-28(27)34)30-19-24-16-21(8-11-29(24)40-30)17-31(37)36-15-13-23-18-25(39-2)9-10-26(23)32(36)22-6-4-3-5-7-22/h3-12,14,16,18-20,32,38H,13,15,17H2,1-2H3. The molecule has 202 valence electrons. The van der Waals surface area contributed by atoms with Crippen molar-refractivity contribution in [3.63, 3.8) is 0 Å². The normalized spacial score (nSPS) is 16.4. The van der Waals surface area contributed by atoms with Crippen LogP contribution in [0.15, 0.2) is 95.7 Å². The van der Waals surface area contributed by atoms with Crippen molar-refractivity contribution in [2.24, 2.45) is 0 Å². The van der Waals surface area contributed by atoms with Gasteiger partial charge in [-0.15, -0.1) is 0 Å². The summed E-state index contributed by atoms with van der Waals surface area (Å²) in [5, 5.41) is 11.9. The van der Waals surface area contributed by atoms with Gasteiger partial charge >= 0.3 is 0 Å². The molecule has 0 bridgehead atoms. The van der Waals surface area contributed by atoms with Crippen molar-refractivity contribution in [1.82, 2.24) is 9.88 Å². The summed E-state index contributed by atoms with van der Waals surface area (Å²) in [4.78, 5) is 19.5. The molecule has 0 aliphatic carbocycles. The van der Waals surface area contributed by atoms with Crippen LogP contribution in [-0.2, 0) is 23.2 Å². The fraction of sp³-hybridized carbons (Fsp3) is 0.212. The number of amides is 1. The molecule has 1 aliphatic heterocycles. The van der Waals surface area contributed by atoms with Crippen molar-refractivity contribution in [3.8, 4) is 5.75 Å². The topological polar surface area (TPSA) is 75.8 Å². The molecule has 0 fully saturated rings. The number of carbonyl (C=O) groups excluding carboxylic acids is 1. The number of hydrogen-bond donors (Lipinski definition) is 1. The Morgan fingerprint density at radius 3 is 2.73 bits per heavy atom. The smallest absolute Gasteiger partial charge is 0.227 e. The second-order valence-corrected chi connectivity index (χ2v) is 10.3. The van der Waals surface area contributed by atoms with Crippen molar-refractivity contribution in [2.75, 3.05) is 13.7 Å². The molecule has 1 amide bonds. The largest absolute Gasteiger partial charge is 0.497 e. The van der Waals surface area contributed by atoms with E-state index >= 15 is 0 Å². The van der Waals surface area contributed by atoms with Gasteiger partial charge in [-0.2, -0.15) is 0 Å². The number of rotatable bonds is 6. The zero-order chi connectivity index (χ0) is 27.9. The first-order valence-electron chi connectivity index (χ1n) is 13.2. The molecule has 6 nitrogen and oxygen atoms in total. The zero-order valence-electron chi connectivity index (χ0n) is 22.3. The Bertz CT molecular complexity index is 1700. The van der Waals surface area contributed by atoms with Crippen molar-refractivity contribution < 1.29 is 23.4 Å². The molecule has 3 heterocycles. The summed E-state index contributed by atoms with van der Waals surface area (Å²) < 4.78 is 25.7. The zero-order valence-corrected chi connectivity index (χ0v) is 22.3. The van der Waals surface area contributed by atoms with Crippen LogP contribution in [0, 0.1) is 5.82 Å². The fourth-order valence-corrected chi connectivity index (χ4v) is 5.62. The van der Waals surface area contributed by atoms with E-state index in [4.69, 9.17) is 9.15 Å². The number of nitrogens with zero attached hydrogens (tertiary/aromatic N) is 2. The maximum atomic E-state index is 14.4. The Morgan fingerprint density at radius 1 is 1.12 bits per heavy atom. The maximum Gasteiger partial charge on any atom is 0.227 e. The summed E-state index contributed by atoms with van der Waals surface area (Å²) in [5.41, 5.74) is 3.11. The average Bonchev–Trinajstić information content (AvgIpc) is 3.41. The van der Waals surface area contributed by atoms with Gasteiger partial charge in [0.25, 0.3) is 0 Å². The molecule has 5 aromatic rings. The predicted molar refractivity (Wildman–Crippen MR) is 149 cm³/mol. The third kappa shape index (κ3) is 4.62. The van der Waals surface area contributed by atoms with E-state index in [9.17, 15) is 14.3 Å². The van der Waals surface area contributed by atoms with Crippen LogP contribution < -0.4 is 4.74 Å². The molecule has 40 heavy (non-hydrogen) atoms. The molecule has 6 rings (SSSR count). The number of hydrogen-bond acceptors (Lipinski definition) is 5. The molecular weight excluding hydrogens is 507 g/mol. The molecule has 2 aromatic heterocycles. The maximum absolute atomic E-state index is 14.4. The molecule has 0 saturated carbocycles. The van der Waals surface area contributed by atoms with E-state index in [-0.39, 0.29) is 29.7 Å². The van der Waals surface area contributed by atoms with Crippen LogP contribution in [-0.4, -0.2) is 34.6 Å². The van der Waals surface area contributed by atoms with Gasteiger partial charge in [-0.05, 0) is 72.0 Å². The summed E-state index contributed by atoms with van der Waals surface area (Å²) >= 11 is 0. The van der Waals surface area contributed by atoms with Crippen LogP contribution in [0.2, 0.25) is 0 Å². The number of carbonyl (C=O) groups is 1. The molecule has 3 aromatic carbocycles. The lowest BCUT2D eigenvalue weighted by molar-refractivity contribution is -0.132. The van der Waals surface area contributed by atoms with Gasteiger partial charge in [0.1, 0.15) is 28.5 Å². The quantitative estimate of drug-likeness (QED) is 0.290. The van der Waals surface area contributed by atoms with Crippen molar-refractivity contribution in [2.45, 2.75) is 31.4 Å². The molecule has 1 N–H and O–H groups in total. The first-order valence-corrected chi connectivity index (χ1v) is 13.2. The van der Waals surface area contributed by atoms with Gasteiger partial charge in [0.05, 0.1) is 25.8 Å². The first-order chi connectivity index (χ1) is 19.3. The molecule has 0 saturated heterocycles. The van der Waals surface area contributed by atoms with Crippen LogP contribution in [0.25, 0.3) is 11.0 Å². The van der Waals surface area contributed by atoms with Crippen LogP contribution in [0.5, 0.6) is 5.75 Å². The number of fused-ring (bicyclic) bond motifs is 2. The lowest BCUT2D eigenvalue weighted by Crippen LogP contribution is -2.41. The minimum atomic E-state index is -1.69. The fourth-order valence-electron chi connectivity index (χ4n) is 5.62. The number of benzene rings is 3. The molecule has 1 aliphatic rings. The number of ether oxygens (including phenoxy) is 1. The highest BCUT2D eigenvalue weighted by molar-refractivity contribution is 5.84. The SMILES string of the molecule is COc1ccc2c(c1)CCN(C(=O)Cc1ccc3oc(C(C)(O)c4ccncc4F)cc3c1)C2c1ccccc1. The minimum absolute atomic E-state index is 0.0178. The number of halogens is 1. The molecule has 0 radical (unpaired) electrons. The summed E-state index contributed by atoms with van der Waals surface area (Å²) in [6, 6.07) is 24.6. The van der Waals surface area contributed by atoms with Crippen LogP contribution in [0.4, 0.5) is 4.39 Å². The highest BCUT2D eigenvalue weighted by Gasteiger charge is 2.34. The second kappa shape index (κ2) is 10.2. The van der Waals surface area contributed by atoms with Gasteiger partial charge in [-0.25, -0.2) is 4.39 Å². The molecule has 2 atom stereocenters. The van der Waals surface area contributed by atoms with Gasteiger partial charge in [0.15, 0.2) is 0 Å². The monoisotopic (exact) mass is 536 g/mol. The molecule has 0 spiro atoms. The number of methoxy groups -OCH3 is 1. The van der Waals surface area contributed by atoms with Crippen molar-refractivity contribution in [1.29, 1.82) is 0 Å². The Morgan fingerprint density at radius 2 is 1.95 bits per heavy atom. The van der Waals surface area contributed by atoms with E-state index in [0.717, 1.165) is 40.4 Å². The third-order valence-corrected chi connectivity index (χ3v) is 7.73. The number of aromatic nitrogens is 1. The molecule has 7 heteroatoms. The molecular formula is C33H29FN2O4. The minimum Gasteiger partial charge on any atom is -0.497 e. The highest BCUT2D eigenvalue weighted by Crippen LogP contribution is 2.38. The summed E-state index contributed by atoms with van der Waals surface area (Å²) in [6.45, 7) is 2.08. The highest BCUT2D eigenvalue weighted by atomic mass is 19.1. The number of aliphatic hydroxyl groups is 1. The van der Waals surface area contributed by atoms with E-state index in [1.54, 1.807) is 19.2 Å². The Balaban J connectivity index is 1.29. The van der Waals surface area contributed by atoms with Gasteiger partial charge in [-0.3, -0.25) is 9.78 Å². The lowest BCUT2D eigenvalue weighted by atomic mass is 9.87. The summed E-state index contributed by atoms with van der Waals surface area (Å²) in [5.74, 6) is 0.421. The Hall–Kier alpha value is -4.49. The summed E-state index contributed by atoms with van der Waals surface area (Å²) in [7, 11) is 1.66. The van der Waals surface area contributed by atoms with Crippen LogP contribution in [0.1, 0.15) is 46.5 Å². The van der Waals surface area contributed by atoms with E-state index in [0.29, 0.717) is 12.1 Å². The third-order valence-electron chi connectivity index (χ3n) is 7.73. The average molecular weight is 537 g/mol. The van der Waals surface area contributed by atoms with Gasteiger partial charge in [0.2, 0.25) is 5.91 Å². The van der Waals surface area contributed by atoms with Crippen LogP contribution in [0.3, 0.4) is 0 Å². The summed E-state index contributed by atoms with van der Waals surface area (Å²) in [6.07, 6.45) is 3.44. The molecule has 2 unspecified atom stereocenters. The van der Waals surface area contributed by atoms with Gasteiger partial charge < -0.3 is 19.2 Å². The van der Waals surface area contributed by atoms with E-state index in [1.165, 1.54) is 24.8 Å². The number of pyridine rings is 1. The van der Waals surface area contributed by atoms with E-state index in [2.05, 4.69) is 29.2 Å².